The summed E-state index contributed by atoms with van der Waals surface area (Å²) in [5.41, 5.74) is 0. The number of halogens is 1. The van der Waals surface area contributed by atoms with Crippen LogP contribution in [0.4, 0.5) is 4.39 Å². The van der Waals surface area contributed by atoms with E-state index in [1.165, 1.54) is 7.11 Å². The monoisotopic (exact) mass is 178 g/mol. The fraction of sp³-hybridized carbons (Fsp3) is 1.00. The predicted octanol–water partition coefficient (Wildman–Crippen LogP) is 0.773. The molecule has 3 nitrogen and oxygen atoms in total. The Kier molecular flexibility index (Phi) is 3.43. The first-order chi connectivity index (χ1) is 5.70. The lowest BCUT2D eigenvalue weighted by Gasteiger charge is -2.16. The second-order valence-electron chi connectivity index (χ2n) is 2.98. The topological polar surface area (TPSA) is 27.7 Å². The average Bonchev–Trinajstić information content (AvgIpc) is 2.29. The lowest BCUT2D eigenvalue weighted by molar-refractivity contribution is -0.0416. The van der Waals surface area contributed by atoms with E-state index in [0.717, 1.165) is 0 Å². The van der Waals surface area contributed by atoms with Crippen molar-refractivity contribution in [1.29, 1.82) is 0 Å². The van der Waals surface area contributed by atoms with Gasteiger partial charge in [-0.05, 0) is 6.92 Å². The van der Waals surface area contributed by atoms with E-state index in [-0.39, 0.29) is 6.10 Å². The van der Waals surface area contributed by atoms with Crippen molar-refractivity contribution in [3.63, 3.8) is 0 Å². The van der Waals surface area contributed by atoms with Crippen molar-refractivity contribution < 1.29 is 18.6 Å². The quantitative estimate of drug-likeness (QED) is 0.639. The molecule has 1 rings (SSSR count). The molecule has 0 bridgehead atoms. The molecular formula is C8H15FO3. The zero-order valence-electron chi connectivity index (χ0n) is 7.62. The van der Waals surface area contributed by atoms with Crippen LogP contribution in [-0.4, -0.2) is 45.3 Å². The van der Waals surface area contributed by atoms with E-state index in [1.807, 2.05) is 0 Å². The molecule has 0 radical (unpaired) electrons. The molecule has 1 unspecified atom stereocenters. The maximum Gasteiger partial charge on any atom is 0.154 e. The first-order valence-corrected chi connectivity index (χ1v) is 4.02. The number of ether oxygens (including phenoxy) is 3. The van der Waals surface area contributed by atoms with E-state index < -0.39 is 18.4 Å². The Morgan fingerprint density at radius 2 is 2.08 bits per heavy atom. The molecule has 1 saturated heterocycles. The number of hydrogen-bond donors (Lipinski definition) is 0. The lowest BCUT2D eigenvalue weighted by Crippen LogP contribution is -2.33. The number of hydrogen-bond acceptors (Lipinski definition) is 3. The third kappa shape index (κ3) is 1.76. The molecule has 0 aromatic carbocycles. The molecule has 0 aromatic rings. The Labute approximate surface area is 71.8 Å². The third-order valence-electron chi connectivity index (χ3n) is 2.12. The fourth-order valence-electron chi connectivity index (χ4n) is 1.48. The minimum atomic E-state index is -1.05. The molecule has 12 heavy (non-hydrogen) atoms. The summed E-state index contributed by atoms with van der Waals surface area (Å²) in [7, 11) is 3.05. The number of alkyl halides is 1. The largest absolute Gasteiger partial charge is 0.382 e. The van der Waals surface area contributed by atoms with Gasteiger partial charge in [-0.1, -0.05) is 0 Å². The summed E-state index contributed by atoms with van der Waals surface area (Å²) in [5, 5.41) is 0. The van der Waals surface area contributed by atoms with E-state index in [9.17, 15) is 4.39 Å². The van der Waals surface area contributed by atoms with Crippen molar-refractivity contribution in [3.05, 3.63) is 0 Å². The maximum atomic E-state index is 13.2. The minimum absolute atomic E-state index is 0.273. The van der Waals surface area contributed by atoms with Crippen molar-refractivity contribution in [3.8, 4) is 0 Å². The average molecular weight is 178 g/mol. The highest BCUT2D eigenvalue weighted by atomic mass is 19.1. The zero-order chi connectivity index (χ0) is 9.14. The highest BCUT2D eigenvalue weighted by molar-refractivity contribution is 4.89. The smallest absolute Gasteiger partial charge is 0.154 e. The molecule has 0 aromatic heterocycles. The summed E-state index contributed by atoms with van der Waals surface area (Å²) in [6.45, 7) is 2.08. The van der Waals surface area contributed by atoms with Crippen molar-refractivity contribution in [1.82, 2.24) is 0 Å². The summed E-state index contributed by atoms with van der Waals surface area (Å²) in [4.78, 5) is 0. The van der Waals surface area contributed by atoms with Gasteiger partial charge in [0.1, 0.15) is 12.2 Å². The highest BCUT2D eigenvalue weighted by Gasteiger charge is 2.42. The molecule has 0 spiro atoms. The molecular weight excluding hydrogens is 163 g/mol. The van der Waals surface area contributed by atoms with Crippen LogP contribution < -0.4 is 0 Å². The molecule has 4 heteroatoms. The predicted molar refractivity (Wildman–Crippen MR) is 41.9 cm³/mol. The maximum absolute atomic E-state index is 13.2. The van der Waals surface area contributed by atoms with Crippen LogP contribution in [0.3, 0.4) is 0 Å². The van der Waals surface area contributed by atoms with Crippen LogP contribution in [0.5, 0.6) is 0 Å². The van der Waals surface area contributed by atoms with Crippen LogP contribution in [0.2, 0.25) is 0 Å². The van der Waals surface area contributed by atoms with E-state index >= 15 is 0 Å². The molecule has 1 fully saturated rings. The highest BCUT2D eigenvalue weighted by Crippen LogP contribution is 2.25. The van der Waals surface area contributed by atoms with Gasteiger partial charge in [0, 0.05) is 14.2 Å². The summed E-state index contributed by atoms with van der Waals surface area (Å²) in [6, 6.07) is 0. The van der Waals surface area contributed by atoms with Crippen LogP contribution in [0.1, 0.15) is 6.92 Å². The Morgan fingerprint density at radius 1 is 1.42 bits per heavy atom. The SMILES string of the molecule is COC[C@H]1O[C@@H](C)[C@@H](F)C1OC. The molecule has 72 valence electrons. The molecule has 1 heterocycles. The molecule has 4 atom stereocenters. The number of rotatable bonds is 3. The summed E-state index contributed by atoms with van der Waals surface area (Å²) >= 11 is 0. The summed E-state index contributed by atoms with van der Waals surface area (Å²) in [5.74, 6) is 0. The first-order valence-electron chi connectivity index (χ1n) is 4.02. The van der Waals surface area contributed by atoms with Gasteiger partial charge in [-0.3, -0.25) is 0 Å². The van der Waals surface area contributed by atoms with Crippen LogP contribution in [0.15, 0.2) is 0 Å². The molecule has 1 aliphatic rings. The molecule has 0 aliphatic carbocycles. The fourth-order valence-corrected chi connectivity index (χ4v) is 1.48. The molecule has 0 N–H and O–H groups in total. The van der Waals surface area contributed by atoms with Crippen LogP contribution in [-0.2, 0) is 14.2 Å². The molecule has 0 amide bonds. The van der Waals surface area contributed by atoms with Crippen molar-refractivity contribution in [2.45, 2.75) is 31.4 Å². The summed E-state index contributed by atoms with van der Waals surface area (Å²) in [6.07, 6.45) is -2.20. The van der Waals surface area contributed by atoms with Crippen LogP contribution >= 0.6 is 0 Å². The second-order valence-corrected chi connectivity index (χ2v) is 2.98. The third-order valence-corrected chi connectivity index (χ3v) is 2.12. The molecule has 0 saturated carbocycles. The minimum Gasteiger partial charge on any atom is -0.382 e. The van der Waals surface area contributed by atoms with Crippen molar-refractivity contribution in [2.24, 2.45) is 0 Å². The Bertz CT molecular complexity index is 142. The van der Waals surface area contributed by atoms with E-state index in [1.54, 1.807) is 14.0 Å². The number of methoxy groups -OCH3 is 2. The van der Waals surface area contributed by atoms with Crippen LogP contribution in [0, 0.1) is 0 Å². The van der Waals surface area contributed by atoms with Gasteiger partial charge in [-0.15, -0.1) is 0 Å². The Hall–Kier alpha value is -0.190. The van der Waals surface area contributed by atoms with Gasteiger partial charge in [0.2, 0.25) is 0 Å². The van der Waals surface area contributed by atoms with E-state index in [0.29, 0.717) is 6.61 Å². The van der Waals surface area contributed by atoms with Gasteiger partial charge in [0.05, 0.1) is 12.7 Å². The zero-order valence-corrected chi connectivity index (χ0v) is 7.62. The second kappa shape index (κ2) is 4.16. The normalized spacial score (nSPS) is 42.0. The first kappa shape index (κ1) is 9.89. The van der Waals surface area contributed by atoms with E-state index in [2.05, 4.69) is 0 Å². The summed E-state index contributed by atoms with van der Waals surface area (Å²) < 4.78 is 28.4. The standard InChI is InChI=1S/C8H15FO3/c1-5-7(9)8(11-3)6(12-5)4-10-2/h5-8H,4H2,1-3H3/t5-,6+,7+,8?/m0/s1. The van der Waals surface area contributed by atoms with Gasteiger partial charge in [-0.25, -0.2) is 4.39 Å². The van der Waals surface area contributed by atoms with Crippen LogP contribution in [0.25, 0.3) is 0 Å². The van der Waals surface area contributed by atoms with Gasteiger partial charge >= 0.3 is 0 Å². The lowest BCUT2D eigenvalue weighted by atomic mass is 10.1. The van der Waals surface area contributed by atoms with E-state index in [4.69, 9.17) is 14.2 Å². The van der Waals surface area contributed by atoms with Crippen molar-refractivity contribution >= 4 is 0 Å². The van der Waals surface area contributed by atoms with Gasteiger partial charge in [0.25, 0.3) is 0 Å². The van der Waals surface area contributed by atoms with Gasteiger partial charge in [0.15, 0.2) is 6.17 Å². The van der Waals surface area contributed by atoms with Crippen molar-refractivity contribution in [2.75, 3.05) is 20.8 Å². The van der Waals surface area contributed by atoms with Gasteiger partial charge in [-0.2, -0.15) is 0 Å². The molecule has 1 aliphatic heterocycles. The Balaban J connectivity index is 2.52. The Morgan fingerprint density at radius 3 is 2.58 bits per heavy atom. The van der Waals surface area contributed by atoms with Gasteiger partial charge < -0.3 is 14.2 Å².